The van der Waals surface area contributed by atoms with E-state index in [2.05, 4.69) is 6.58 Å². The second-order valence-corrected chi connectivity index (χ2v) is 6.66. The Kier molecular flexibility index (Phi) is 5.52. The van der Waals surface area contributed by atoms with Crippen molar-refractivity contribution < 1.29 is 13.5 Å². The van der Waals surface area contributed by atoms with E-state index in [-0.39, 0.29) is 11.6 Å². The maximum Gasteiger partial charge on any atom is 0.165 e. The molecule has 0 heterocycles. The molecule has 3 rings (SSSR count). The van der Waals surface area contributed by atoms with Crippen LogP contribution in [0.5, 0.6) is 5.75 Å². The Morgan fingerprint density at radius 3 is 2.40 bits per heavy atom. The molecule has 0 unspecified atom stereocenters. The van der Waals surface area contributed by atoms with E-state index >= 15 is 0 Å². The van der Waals surface area contributed by atoms with Gasteiger partial charge in [0.05, 0.1) is 6.61 Å². The maximum absolute atomic E-state index is 14.6. The van der Waals surface area contributed by atoms with E-state index in [1.807, 2.05) is 12.1 Å². The number of ether oxygens (including phenoxy) is 1. The van der Waals surface area contributed by atoms with Crippen LogP contribution in [0.15, 0.2) is 49.1 Å². The zero-order valence-electron chi connectivity index (χ0n) is 14.6. The van der Waals surface area contributed by atoms with Crippen molar-refractivity contribution in [3.05, 3.63) is 66.3 Å². The smallest absolute Gasteiger partial charge is 0.165 e. The fourth-order valence-corrected chi connectivity index (χ4v) is 3.65. The molecule has 1 fully saturated rings. The number of hydrogen-bond donors (Lipinski definition) is 0. The molecule has 3 heteroatoms. The van der Waals surface area contributed by atoms with E-state index in [0.717, 1.165) is 31.2 Å². The van der Waals surface area contributed by atoms with Gasteiger partial charge in [-0.1, -0.05) is 24.3 Å². The Bertz CT molecular complexity index is 746. The first kappa shape index (κ1) is 17.7. The molecule has 2 aromatic rings. The molecule has 0 aliphatic heterocycles. The largest absolute Gasteiger partial charge is 0.491 e. The Hall–Kier alpha value is -2.16. The highest BCUT2D eigenvalue weighted by Crippen LogP contribution is 2.37. The lowest BCUT2D eigenvalue weighted by atomic mass is 9.78. The second-order valence-electron chi connectivity index (χ2n) is 6.66. The Morgan fingerprint density at radius 1 is 1.04 bits per heavy atom. The molecular formula is C22H24F2O. The highest BCUT2D eigenvalue weighted by molar-refractivity contribution is 5.65. The summed E-state index contributed by atoms with van der Waals surface area (Å²) in [5.74, 6) is 0.420. The van der Waals surface area contributed by atoms with Crippen molar-refractivity contribution >= 4 is 0 Å². The molecule has 0 saturated heterocycles. The van der Waals surface area contributed by atoms with E-state index in [0.29, 0.717) is 29.6 Å². The van der Waals surface area contributed by atoms with Crippen LogP contribution in [-0.2, 0) is 0 Å². The van der Waals surface area contributed by atoms with Crippen molar-refractivity contribution in [2.75, 3.05) is 6.61 Å². The Balaban J connectivity index is 1.80. The summed E-state index contributed by atoms with van der Waals surface area (Å²) in [6.07, 6.45) is 6.38. The third-order valence-corrected chi connectivity index (χ3v) is 5.11. The summed E-state index contributed by atoms with van der Waals surface area (Å²) < 4.78 is 33.9. The topological polar surface area (TPSA) is 9.23 Å². The molecule has 0 atom stereocenters. The van der Waals surface area contributed by atoms with E-state index in [1.165, 1.54) is 6.07 Å². The number of rotatable bonds is 5. The Labute approximate surface area is 148 Å². The molecule has 0 bridgehead atoms. The molecule has 132 valence electrons. The summed E-state index contributed by atoms with van der Waals surface area (Å²) in [5.41, 5.74) is 1.99. The van der Waals surface area contributed by atoms with Crippen molar-refractivity contribution in [3.63, 3.8) is 0 Å². The number of hydrogen-bond acceptors (Lipinski definition) is 1. The minimum Gasteiger partial charge on any atom is -0.491 e. The van der Waals surface area contributed by atoms with Gasteiger partial charge in [-0.05, 0) is 73.8 Å². The highest BCUT2D eigenvalue weighted by Gasteiger charge is 2.21. The zero-order valence-corrected chi connectivity index (χ0v) is 14.6. The summed E-state index contributed by atoms with van der Waals surface area (Å²) in [5, 5.41) is 0. The molecule has 1 aliphatic rings. The molecule has 1 saturated carbocycles. The van der Waals surface area contributed by atoms with E-state index in [4.69, 9.17) is 4.74 Å². The maximum atomic E-state index is 14.6. The molecule has 0 spiro atoms. The average molecular weight is 342 g/mol. The molecule has 1 aliphatic carbocycles. The van der Waals surface area contributed by atoms with E-state index < -0.39 is 5.82 Å². The third-order valence-electron chi connectivity index (χ3n) is 5.11. The predicted molar refractivity (Wildman–Crippen MR) is 97.9 cm³/mol. The van der Waals surface area contributed by atoms with Crippen molar-refractivity contribution in [2.24, 2.45) is 5.92 Å². The quantitative estimate of drug-likeness (QED) is 0.564. The van der Waals surface area contributed by atoms with Crippen LogP contribution < -0.4 is 4.74 Å². The van der Waals surface area contributed by atoms with Gasteiger partial charge in [0, 0.05) is 5.56 Å². The fraction of sp³-hybridized carbons (Fsp3) is 0.364. The van der Waals surface area contributed by atoms with Gasteiger partial charge < -0.3 is 4.74 Å². The standard InChI is InChI=1S/C22H24F2O/c1-3-15-5-7-16(8-6-15)17-9-11-19(20(23)13-17)18-10-12-22(25-4-2)21(24)14-18/h3,9-16H,1,4-8H2,2H3. The van der Waals surface area contributed by atoms with Crippen LogP contribution in [0.1, 0.15) is 44.1 Å². The summed E-state index contributed by atoms with van der Waals surface area (Å²) in [6.45, 7) is 6.06. The van der Waals surface area contributed by atoms with Gasteiger partial charge in [-0.15, -0.1) is 6.58 Å². The number of allylic oxidation sites excluding steroid dienone is 1. The lowest BCUT2D eigenvalue weighted by Crippen LogP contribution is -2.11. The van der Waals surface area contributed by atoms with Crippen molar-refractivity contribution in [1.29, 1.82) is 0 Å². The van der Waals surface area contributed by atoms with Crippen LogP contribution in [-0.4, -0.2) is 6.61 Å². The van der Waals surface area contributed by atoms with Gasteiger partial charge in [-0.2, -0.15) is 0 Å². The van der Waals surface area contributed by atoms with Crippen molar-refractivity contribution in [3.8, 4) is 16.9 Å². The first-order valence-electron chi connectivity index (χ1n) is 8.97. The third kappa shape index (κ3) is 3.92. The highest BCUT2D eigenvalue weighted by atomic mass is 19.1. The first-order valence-corrected chi connectivity index (χ1v) is 8.97. The molecule has 0 amide bonds. The number of halogens is 2. The molecule has 0 radical (unpaired) electrons. The second kappa shape index (κ2) is 7.81. The summed E-state index contributed by atoms with van der Waals surface area (Å²) in [6, 6.07) is 9.94. The zero-order chi connectivity index (χ0) is 17.8. The molecule has 1 nitrogen and oxygen atoms in total. The van der Waals surface area contributed by atoms with Crippen LogP contribution in [0.2, 0.25) is 0 Å². The van der Waals surface area contributed by atoms with Gasteiger partial charge in [0.1, 0.15) is 5.82 Å². The average Bonchev–Trinajstić information content (AvgIpc) is 2.63. The van der Waals surface area contributed by atoms with Crippen LogP contribution in [0.4, 0.5) is 8.78 Å². The van der Waals surface area contributed by atoms with Crippen LogP contribution in [0.25, 0.3) is 11.1 Å². The molecule has 0 N–H and O–H groups in total. The van der Waals surface area contributed by atoms with E-state index in [9.17, 15) is 8.78 Å². The minimum absolute atomic E-state index is 0.197. The van der Waals surface area contributed by atoms with Gasteiger partial charge in [-0.25, -0.2) is 8.78 Å². The molecule has 2 aromatic carbocycles. The van der Waals surface area contributed by atoms with Gasteiger partial charge >= 0.3 is 0 Å². The summed E-state index contributed by atoms with van der Waals surface area (Å²) in [4.78, 5) is 0. The van der Waals surface area contributed by atoms with Gasteiger partial charge in [0.15, 0.2) is 11.6 Å². The first-order chi connectivity index (χ1) is 12.1. The monoisotopic (exact) mass is 342 g/mol. The Morgan fingerprint density at radius 2 is 1.80 bits per heavy atom. The van der Waals surface area contributed by atoms with Crippen LogP contribution >= 0.6 is 0 Å². The fourth-order valence-electron chi connectivity index (χ4n) is 3.65. The lowest BCUT2D eigenvalue weighted by molar-refractivity contribution is 0.321. The summed E-state index contributed by atoms with van der Waals surface area (Å²) in [7, 11) is 0. The molecule has 0 aromatic heterocycles. The number of benzene rings is 2. The minimum atomic E-state index is -0.467. The molecular weight excluding hydrogens is 318 g/mol. The van der Waals surface area contributed by atoms with Crippen LogP contribution in [0.3, 0.4) is 0 Å². The van der Waals surface area contributed by atoms with Gasteiger partial charge in [0.25, 0.3) is 0 Å². The SMILES string of the molecule is C=CC1CCC(c2ccc(-c3ccc(OCC)c(F)c3)c(F)c2)CC1. The summed E-state index contributed by atoms with van der Waals surface area (Å²) >= 11 is 0. The van der Waals surface area contributed by atoms with Gasteiger partial charge in [0.2, 0.25) is 0 Å². The van der Waals surface area contributed by atoms with Crippen molar-refractivity contribution in [2.45, 2.75) is 38.5 Å². The lowest BCUT2D eigenvalue weighted by Gasteiger charge is -2.27. The van der Waals surface area contributed by atoms with E-state index in [1.54, 1.807) is 31.2 Å². The van der Waals surface area contributed by atoms with Crippen LogP contribution in [0, 0.1) is 17.6 Å². The van der Waals surface area contributed by atoms with Crippen molar-refractivity contribution in [1.82, 2.24) is 0 Å². The predicted octanol–water partition coefficient (Wildman–Crippen LogP) is 6.49. The normalized spacial score (nSPS) is 20.3. The van der Waals surface area contributed by atoms with Gasteiger partial charge in [-0.3, -0.25) is 0 Å². The molecule has 25 heavy (non-hydrogen) atoms.